The van der Waals surface area contributed by atoms with Gasteiger partial charge in [0, 0.05) is 11.9 Å². The molecule has 3 aromatic rings. The number of nitrogens with one attached hydrogen (secondary N) is 1. The van der Waals surface area contributed by atoms with Gasteiger partial charge in [-0.1, -0.05) is 12.1 Å². The van der Waals surface area contributed by atoms with Crippen LogP contribution in [0.2, 0.25) is 0 Å². The van der Waals surface area contributed by atoms with Crippen molar-refractivity contribution in [1.29, 1.82) is 0 Å². The molecule has 1 aromatic carbocycles. The van der Waals surface area contributed by atoms with E-state index in [1.807, 2.05) is 6.07 Å². The van der Waals surface area contributed by atoms with Crippen molar-refractivity contribution >= 4 is 34.9 Å². The summed E-state index contributed by atoms with van der Waals surface area (Å²) in [5.74, 6) is -1.68. The molecule has 9 heteroatoms. The fraction of sp³-hybridized carbons (Fsp3) is 0.190. The highest BCUT2D eigenvalue weighted by atomic mass is 32.1. The minimum Gasteiger partial charge on any atom is -0.465 e. The van der Waals surface area contributed by atoms with Gasteiger partial charge in [-0.05, 0) is 43.7 Å². The summed E-state index contributed by atoms with van der Waals surface area (Å²) in [4.78, 5) is 45.2. The first-order valence-corrected chi connectivity index (χ1v) is 9.75. The maximum atomic E-state index is 12.4. The number of carbonyl (C=O) groups is 3. The van der Waals surface area contributed by atoms with Gasteiger partial charge < -0.3 is 14.8 Å². The summed E-state index contributed by atoms with van der Waals surface area (Å²) in [6, 6.07) is 10.2. The number of aromatic nitrogens is 2. The Labute approximate surface area is 176 Å². The van der Waals surface area contributed by atoms with Crippen molar-refractivity contribution in [2.75, 3.05) is 19.0 Å². The molecule has 0 bridgehead atoms. The van der Waals surface area contributed by atoms with Gasteiger partial charge in [0.15, 0.2) is 6.61 Å². The van der Waals surface area contributed by atoms with Crippen LogP contribution in [0.4, 0.5) is 5.69 Å². The summed E-state index contributed by atoms with van der Waals surface area (Å²) in [5.41, 5.74) is 2.65. The number of amides is 1. The molecule has 0 saturated carbocycles. The highest BCUT2D eigenvalue weighted by molar-refractivity contribution is 7.17. The zero-order chi connectivity index (χ0) is 21.7. The molecular weight excluding hydrogens is 406 g/mol. The van der Waals surface area contributed by atoms with Gasteiger partial charge in [-0.15, -0.1) is 11.3 Å². The van der Waals surface area contributed by atoms with E-state index in [0.717, 1.165) is 16.9 Å². The van der Waals surface area contributed by atoms with Crippen LogP contribution >= 0.6 is 11.3 Å². The third-order valence-corrected chi connectivity index (χ3v) is 5.29. The number of esters is 2. The van der Waals surface area contributed by atoms with Crippen molar-refractivity contribution in [3.8, 4) is 10.7 Å². The monoisotopic (exact) mass is 425 g/mol. The first kappa shape index (κ1) is 21.1. The van der Waals surface area contributed by atoms with Crippen LogP contribution in [0.25, 0.3) is 10.7 Å². The summed E-state index contributed by atoms with van der Waals surface area (Å²) < 4.78 is 9.82. The van der Waals surface area contributed by atoms with E-state index in [9.17, 15) is 14.4 Å². The molecule has 2 heterocycles. The molecule has 30 heavy (non-hydrogen) atoms. The van der Waals surface area contributed by atoms with E-state index in [1.165, 1.54) is 13.2 Å². The highest BCUT2D eigenvalue weighted by Crippen LogP contribution is 2.27. The maximum absolute atomic E-state index is 12.4. The Hall–Kier alpha value is -3.59. The van der Waals surface area contributed by atoms with Crippen LogP contribution in [0, 0.1) is 13.8 Å². The van der Waals surface area contributed by atoms with Crippen LogP contribution in [-0.4, -0.2) is 41.5 Å². The predicted octanol–water partition coefficient (Wildman–Crippen LogP) is 3.40. The van der Waals surface area contributed by atoms with E-state index in [0.29, 0.717) is 32.5 Å². The van der Waals surface area contributed by atoms with Crippen LogP contribution in [-0.2, 0) is 14.3 Å². The number of methoxy groups -OCH3 is 1. The third-order valence-electron chi connectivity index (χ3n) is 4.13. The molecule has 0 saturated heterocycles. The highest BCUT2D eigenvalue weighted by Gasteiger charge is 2.19. The standard InChI is InChI=1S/C21H19N3O5S/c1-12-7-8-14(20(26)28-3)10-16(12)24-17(25)11-29-21(27)18-13(2)23-19(30-18)15-6-4-5-9-22-15/h4-10H,11H2,1-3H3,(H,24,25). The lowest BCUT2D eigenvalue weighted by Crippen LogP contribution is -2.21. The fourth-order valence-electron chi connectivity index (χ4n) is 2.57. The maximum Gasteiger partial charge on any atom is 0.350 e. The minimum absolute atomic E-state index is 0.303. The van der Waals surface area contributed by atoms with E-state index in [1.54, 1.807) is 44.3 Å². The quantitative estimate of drug-likeness (QED) is 0.603. The van der Waals surface area contributed by atoms with E-state index < -0.39 is 24.5 Å². The summed E-state index contributed by atoms with van der Waals surface area (Å²) in [7, 11) is 1.28. The smallest absolute Gasteiger partial charge is 0.350 e. The Morgan fingerprint density at radius 2 is 1.90 bits per heavy atom. The number of aryl methyl sites for hydroxylation is 2. The number of thiazole rings is 1. The number of hydrogen-bond acceptors (Lipinski definition) is 8. The minimum atomic E-state index is -0.637. The molecule has 0 aliphatic rings. The van der Waals surface area contributed by atoms with Gasteiger partial charge in [0.25, 0.3) is 5.91 Å². The second-order valence-electron chi connectivity index (χ2n) is 6.29. The lowest BCUT2D eigenvalue weighted by Gasteiger charge is -2.10. The molecule has 0 unspecified atom stereocenters. The largest absolute Gasteiger partial charge is 0.465 e. The van der Waals surface area contributed by atoms with Crippen molar-refractivity contribution < 1.29 is 23.9 Å². The summed E-state index contributed by atoms with van der Waals surface area (Å²) in [6.45, 7) is 3.00. The number of ether oxygens (including phenoxy) is 2. The average Bonchev–Trinajstić information content (AvgIpc) is 3.15. The second-order valence-corrected chi connectivity index (χ2v) is 7.29. The Morgan fingerprint density at radius 1 is 1.10 bits per heavy atom. The second kappa shape index (κ2) is 9.27. The molecule has 0 radical (unpaired) electrons. The number of rotatable bonds is 6. The summed E-state index contributed by atoms with van der Waals surface area (Å²) in [6.07, 6.45) is 1.64. The molecule has 154 valence electrons. The van der Waals surface area contributed by atoms with E-state index in [2.05, 4.69) is 20.0 Å². The molecular formula is C21H19N3O5S. The Morgan fingerprint density at radius 3 is 2.60 bits per heavy atom. The molecule has 1 N–H and O–H groups in total. The number of nitrogens with zero attached hydrogens (tertiary/aromatic N) is 2. The lowest BCUT2D eigenvalue weighted by molar-refractivity contribution is -0.119. The van der Waals surface area contributed by atoms with E-state index in [-0.39, 0.29) is 0 Å². The first-order valence-electron chi connectivity index (χ1n) is 8.94. The first-order chi connectivity index (χ1) is 14.4. The van der Waals surface area contributed by atoms with Gasteiger partial charge >= 0.3 is 11.9 Å². The third kappa shape index (κ3) is 4.87. The summed E-state index contributed by atoms with van der Waals surface area (Å²) >= 11 is 1.16. The van der Waals surface area contributed by atoms with E-state index >= 15 is 0 Å². The molecule has 0 aliphatic carbocycles. The molecule has 0 fully saturated rings. The molecule has 8 nitrogen and oxygen atoms in total. The topological polar surface area (TPSA) is 107 Å². The van der Waals surface area contributed by atoms with Crippen LogP contribution in [0.5, 0.6) is 0 Å². The molecule has 0 aliphatic heterocycles. The molecule has 0 atom stereocenters. The Bertz CT molecular complexity index is 1100. The predicted molar refractivity (Wildman–Crippen MR) is 112 cm³/mol. The van der Waals surface area contributed by atoms with Crippen molar-refractivity contribution in [3.05, 3.63) is 64.3 Å². The van der Waals surface area contributed by atoms with Crippen molar-refractivity contribution in [3.63, 3.8) is 0 Å². The van der Waals surface area contributed by atoms with Crippen molar-refractivity contribution in [1.82, 2.24) is 9.97 Å². The van der Waals surface area contributed by atoms with Crippen LogP contribution in [0.15, 0.2) is 42.6 Å². The van der Waals surface area contributed by atoms with Gasteiger partial charge in [-0.3, -0.25) is 9.78 Å². The molecule has 0 spiro atoms. The van der Waals surface area contributed by atoms with Crippen LogP contribution < -0.4 is 5.32 Å². The van der Waals surface area contributed by atoms with Crippen LogP contribution in [0.3, 0.4) is 0 Å². The molecule has 2 aromatic heterocycles. The van der Waals surface area contributed by atoms with Gasteiger partial charge in [0.2, 0.25) is 0 Å². The molecule has 1 amide bonds. The zero-order valence-corrected chi connectivity index (χ0v) is 17.4. The SMILES string of the molecule is COC(=O)c1ccc(C)c(NC(=O)COC(=O)c2sc(-c3ccccn3)nc2C)c1. The molecule has 3 rings (SSSR count). The average molecular weight is 425 g/mol. The van der Waals surface area contributed by atoms with Gasteiger partial charge in [-0.2, -0.15) is 0 Å². The Balaban J connectivity index is 1.64. The normalized spacial score (nSPS) is 10.4. The van der Waals surface area contributed by atoms with Gasteiger partial charge in [-0.25, -0.2) is 14.6 Å². The van der Waals surface area contributed by atoms with Gasteiger partial charge in [0.1, 0.15) is 9.88 Å². The lowest BCUT2D eigenvalue weighted by atomic mass is 10.1. The number of hydrogen-bond donors (Lipinski definition) is 1. The van der Waals surface area contributed by atoms with Crippen LogP contribution in [0.1, 0.15) is 31.3 Å². The number of anilines is 1. The van der Waals surface area contributed by atoms with Gasteiger partial charge in [0.05, 0.1) is 24.1 Å². The summed E-state index contributed by atoms with van der Waals surface area (Å²) in [5, 5.41) is 3.23. The number of benzene rings is 1. The van der Waals surface area contributed by atoms with Crippen molar-refractivity contribution in [2.24, 2.45) is 0 Å². The Kier molecular flexibility index (Phi) is 6.53. The fourth-order valence-corrected chi connectivity index (χ4v) is 3.51. The van der Waals surface area contributed by atoms with E-state index in [4.69, 9.17) is 4.74 Å². The number of pyridine rings is 1. The van der Waals surface area contributed by atoms with Crippen molar-refractivity contribution in [2.45, 2.75) is 13.8 Å². The zero-order valence-electron chi connectivity index (χ0n) is 16.6. The number of carbonyl (C=O) groups excluding carboxylic acids is 3.